The number of carbonyl (C=O) groups is 1. The highest BCUT2D eigenvalue weighted by molar-refractivity contribution is 7.85. The van der Waals surface area contributed by atoms with E-state index in [4.69, 9.17) is 5.11 Å². The fourth-order valence-electron chi connectivity index (χ4n) is 1.74. The molecule has 0 saturated heterocycles. The van der Waals surface area contributed by atoms with Crippen LogP contribution in [0.15, 0.2) is 29.2 Å². The normalized spacial score (nSPS) is 17.8. The van der Waals surface area contributed by atoms with Crippen molar-refractivity contribution < 1.29 is 14.1 Å². The summed E-state index contributed by atoms with van der Waals surface area (Å²) in [7, 11) is -1.05. The first-order chi connectivity index (χ1) is 7.66. The van der Waals surface area contributed by atoms with Crippen molar-refractivity contribution >= 4 is 16.8 Å². The van der Waals surface area contributed by atoms with E-state index in [1.165, 1.54) is 18.6 Å². The van der Waals surface area contributed by atoms with E-state index in [-0.39, 0.29) is 5.56 Å². The first-order valence-corrected chi connectivity index (χ1v) is 6.70. The van der Waals surface area contributed by atoms with Crippen LogP contribution in [0.4, 0.5) is 0 Å². The molecular formula is C12H14O3S. The molecule has 0 radical (unpaired) electrons. The van der Waals surface area contributed by atoms with Crippen LogP contribution in [0.5, 0.6) is 0 Å². The van der Waals surface area contributed by atoms with Gasteiger partial charge in [0.05, 0.1) is 16.4 Å². The van der Waals surface area contributed by atoms with Crippen molar-refractivity contribution in [3.63, 3.8) is 0 Å². The number of rotatable bonds is 4. The lowest BCUT2D eigenvalue weighted by atomic mass is 9.87. The molecule has 0 spiro atoms. The lowest BCUT2D eigenvalue weighted by Crippen LogP contribution is -2.18. The summed E-state index contributed by atoms with van der Waals surface area (Å²) in [5.74, 6) is 0.264. The molecular weight excluding hydrogens is 224 g/mol. The van der Waals surface area contributed by atoms with Gasteiger partial charge in [0, 0.05) is 10.6 Å². The van der Waals surface area contributed by atoms with Crippen LogP contribution in [0.25, 0.3) is 0 Å². The minimum absolute atomic E-state index is 0.208. The zero-order valence-electron chi connectivity index (χ0n) is 8.89. The van der Waals surface area contributed by atoms with Crippen LogP contribution in [-0.2, 0) is 10.8 Å². The number of carboxylic acid groups (broad SMARTS) is 1. The van der Waals surface area contributed by atoms with Crippen LogP contribution >= 0.6 is 0 Å². The van der Waals surface area contributed by atoms with E-state index >= 15 is 0 Å². The second-order valence-electron chi connectivity index (χ2n) is 4.14. The second kappa shape index (κ2) is 4.78. The average molecular weight is 238 g/mol. The van der Waals surface area contributed by atoms with Crippen LogP contribution in [0.2, 0.25) is 0 Å². The van der Waals surface area contributed by atoms with E-state index < -0.39 is 16.8 Å². The van der Waals surface area contributed by atoms with Crippen LogP contribution in [0.3, 0.4) is 0 Å². The molecule has 1 aromatic rings. The minimum atomic E-state index is -1.05. The van der Waals surface area contributed by atoms with E-state index in [0.29, 0.717) is 16.6 Å². The lowest BCUT2D eigenvalue weighted by molar-refractivity contribution is 0.0696. The van der Waals surface area contributed by atoms with Gasteiger partial charge in [0.25, 0.3) is 0 Å². The molecule has 1 unspecified atom stereocenters. The molecule has 1 aromatic carbocycles. The second-order valence-corrected chi connectivity index (χ2v) is 5.64. The number of benzene rings is 1. The summed E-state index contributed by atoms with van der Waals surface area (Å²) in [5, 5.41) is 8.83. The molecule has 0 amide bonds. The van der Waals surface area contributed by atoms with Gasteiger partial charge in [-0.1, -0.05) is 12.5 Å². The molecule has 0 aliphatic heterocycles. The molecule has 1 atom stereocenters. The number of carboxylic acids is 1. The highest BCUT2D eigenvalue weighted by atomic mass is 32.2. The number of hydrogen-bond donors (Lipinski definition) is 1. The molecule has 1 aliphatic rings. The fourth-order valence-corrected chi connectivity index (χ4v) is 3.18. The fraction of sp³-hybridized carbons (Fsp3) is 0.417. The Kier molecular flexibility index (Phi) is 3.39. The van der Waals surface area contributed by atoms with Crippen molar-refractivity contribution in [2.45, 2.75) is 24.2 Å². The summed E-state index contributed by atoms with van der Waals surface area (Å²) < 4.78 is 11.9. The van der Waals surface area contributed by atoms with Crippen molar-refractivity contribution in [1.29, 1.82) is 0 Å². The summed E-state index contributed by atoms with van der Waals surface area (Å²) in [6.07, 6.45) is 3.55. The molecule has 0 heterocycles. The summed E-state index contributed by atoms with van der Waals surface area (Å²) in [6.45, 7) is 0. The average Bonchev–Trinajstić information content (AvgIpc) is 2.23. The quantitative estimate of drug-likeness (QED) is 0.875. The topological polar surface area (TPSA) is 54.4 Å². The monoisotopic (exact) mass is 238 g/mol. The van der Waals surface area contributed by atoms with Crippen LogP contribution in [-0.4, -0.2) is 21.0 Å². The van der Waals surface area contributed by atoms with Crippen molar-refractivity contribution in [2.75, 3.05) is 5.75 Å². The molecule has 2 rings (SSSR count). The van der Waals surface area contributed by atoms with Crippen LogP contribution < -0.4 is 0 Å². The highest BCUT2D eigenvalue weighted by Crippen LogP contribution is 2.28. The third kappa shape index (κ3) is 2.50. The first-order valence-electron chi connectivity index (χ1n) is 5.38. The highest BCUT2D eigenvalue weighted by Gasteiger charge is 2.20. The molecule has 4 heteroatoms. The van der Waals surface area contributed by atoms with Gasteiger partial charge in [0.15, 0.2) is 0 Å². The molecule has 0 aromatic heterocycles. The summed E-state index contributed by atoms with van der Waals surface area (Å²) in [4.78, 5) is 11.4. The van der Waals surface area contributed by atoms with Gasteiger partial charge in [-0.2, -0.15) is 0 Å². The summed E-state index contributed by atoms with van der Waals surface area (Å²) >= 11 is 0. The van der Waals surface area contributed by atoms with E-state index in [2.05, 4.69) is 0 Å². The molecule has 3 nitrogen and oxygen atoms in total. The minimum Gasteiger partial charge on any atom is -0.478 e. The number of hydrogen-bond acceptors (Lipinski definition) is 2. The molecule has 1 fully saturated rings. The Morgan fingerprint density at radius 3 is 2.75 bits per heavy atom. The Morgan fingerprint density at radius 1 is 1.44 bits per heavy atom. The van der Waals surface area contributed by atoms with Gasteiger partial charge in [0.1, 0.15) is 0 Å². The molecule has 16 heavy (non-hydrogen) atoms. The molecule has 1 N–H and O–H groups in total. The standard InChI is InChI=1S/C12H14O3S/c13-12(14)10-5-2-6-11(7-10)16(15)8-9-3-1-4-9/h2,5-7,9H,1,3-4,8H2,(H,13,14). The van der Waals surface area contributed by atoms with Gasteiger partial charge < -0.3 is 5.11 Å². The first kappa shape index (κ1) is 11.3. The third-order valence-electron chi connectivity index (χ3n) is 2.96. The Bertz CT molecular complexity index is 424. The van der Waals surface area contributed by atoms with Crippen molar-refractivity contribution in [3.8, 4) is 0 Å². The predicted molar refractivity (Wildman–Crippen MR) is 62.0 cm³/mol. The van der Waals surface area contributed by atoms with Crippen molar-refractivity contribution in [3.05, 3.63) is 29.8 Å². The Labute approximate surface area is 96.9 Å². The zero-order valence-corrected chi connectivity index (χ0v) is 9.70. The Morgan fingerprint density at radius 2 is 2.19 bits per heavy atom. The van der Waals surface area contributed by atoms with Gasteiger partial charge in [-0.25, -0.2) is 4.79 Å². The van der Waals surface area contributed by atoms with Crippen LogP contribution in [0, 0.1) is 5.92 Å². The Balaban J connectivity index is 2.09. The van der Waals surface area contributed by atoms with Gasteiger partial charge >= 0.3 is 5.97 Å². The van der Waals surface area contributed by atoms with E-state index in [9.17, 15) is 9.00 Å². The maximum atomic E-state index is 11.9. The van der Waals surface area contributed by atoms with E-state index in [1.807, 2.05) is 0 Å². The molecule has 1 saturated carbocycles. The molecule has 86 valence electrons. The van der Waals surface area contributed by atoms with E-state index in [1.54, 1.807) is 12.1 Å². The maximum absolute atomic E-state index is 11.9. The molecule has 0 bridgehead atoms. The smallest absolute Gasteiger partial charge is 0.335 e. The SMILES string of the molecule is O=C(O)c1cccc(S(=O)CC2CCC2)c1. The van der Waals surface area contributed by atoms with Gasteiger partial charge in [-0.05, 0) is 37.0 Å². The predicted octanol–water partition coefficient (Wildman–Crippen LogP) is 2.29. The zero-order chi connectivity index (χ0) is 11.5. The van der Waals surface area contributed by atoms with Crippen molar-refractivity contribution in [2.24, 2.45) is 5.92 Å². The lowest BCUT2D eigenvalue weighted by Gasteiger charge is -2.24. The van der Waals surface area contributed by atoms with Gasteiger partial charge in [-0.15, -0.1) is 0 Å². The summed E-state index contributed by atoms with van der Waals surface area (Å²) in [6, 6.07) is 6.42. The third-order valence-corrected chi connectivity index (χ3v) is 4.51. The van der Waals surface area contributed by atoms with Gasteiger partial charge in [0.2, 0.25) is 0 Å². The summed E-state index contributed by atoms with van der Waals surface area (Å²) in [5.41, 5.74) is 0.208. The number of aromatic carboxylic acids is 1. The largest absolute Gasteiger partial charge is 0.478 e. The van der Waals surface area contributed by atoms with Crippen molar-refractivity contribution in [1.82, 2.24) is 0 Å². The van der Waals surface area contributed by atoms with E-state index in [0.717, 1.165) is 12.8 Å². The van der Waals surface area contributed by atoms with Gasteiger partial charge in [-0.3, -0.25) is 4.21 Å². The Hall–Kier alpha value is -1.16. The maximum Gasteiger partial charge on any atom is 0.335 e. The van der Waals surface area contributed by atoms with Crippen LogP contribution in [0.1, 0.15) is 29.6 Å². The molecule has 1 aliphatic carbocycles.